The Morgan fingerprint density at radius 3 is 2.42 bits per heavy atom. The Morgan fingerprint density at radius 1 is 0.968 bits per heavy atom. The molecular formula is C26H23NO4. The molecule has 0 saturated heterocycles. The lowest BCUT2D eigenvalue weighted by molar-refractivity contribution is -0.111. The van der Waals surface area contributed by atoms with Crippen LogP contribution in [-0.2, 0) is 4.79 Å². The van der Waals surface area contributed by atoms with Gasteiger partial charge in [-0.3, -0.25) is 9.59 Å². The third-order valence-electron chi connectivity index (χ3n) is 5.17. The Morgan fingerprint density at radius 2 is 1.68 bits per heavy atom. The van der Waals surface area contributed by atoms with Gasteiger partial charge in [-0.1, -0.05) is 12.1 Å². The van der Waals surface area contributed by atoms with Crippen molar-refractivity contribution in [2.24, 2.45) is 0 Å². The molecule has 0 aliphatic rings. The molecule has 1 N–H and O–H groups in total. The van der Waals surface area contributed by atoms with Gasteiger partial charge in [-0.2, -0.15) is 0 Å². The normalized spacial score (nSPS) is 11.3. The van der Waals surface area contributed by atoms with Gasteiger partial charge in [0, 0.05) is 17.8 Å². The molecule has 1 amide bonds. The van der Waals surface area contributed by atoms with Gasteiger partial charge in [0.25, 0.3) is 0 Å². The summed E-state index contributed by atoms with van der Waals surface area (Å²) in [6.07, 6.45) is 3.19. The first kappa shape index (κ1) is 20.4. The van der Waals surface area contributed by atoms with Gasteiger partial charge >= 0.3 is 0 Å². The van der Waals surface area contributed by atoms with E-state index in [-0.39, 0.29) is 11.3 Å². The fraction of sp³-hybridized carbons (Fsp3) is 0.154. The molecule has 5 nitrogen and oxygen atoms in total. The average molecular weight is 413 g/mol. The smallest absolute Gasteiger partial charge is 0.248 e. The van der Waals surface area contributed by atoms with Gasteiger partial charge in [-0.15, -0.1) is 0 Å². The molecule has 4 aromatic rings. The Hall–Kier alpha value is -3.86. The van der Waals surface area contributed by atoms with E-state index in [1.807, 2.05) is 57.2 Å². The van der Waals surface area contributed by atoms with E-state index < -0.39 is 0 Å². The number of carbonyl (C=O) groups is 1. The highest BCUT2D eigenvalue weighted by Gasteiger charge is 2.10. The van der Waals surface area contributed by atoms with E-state index in [4.69, 9.17) is 9.15 Å². The van der Waals surface area contributed by atoms with Crippen LogP contribution in [0.15, 0.2) is 69.9 Å². The zero-order chi connectivity index (χ0) is 22.0. The highest BCUT2D eigenvalue weighted by Crippen LogP contribution is 2.24. The number of fused-ring (bicyclic) bond motifs is 2. The molecule has 0 aliphatic heterocycles. The standard InChI is InChI=1S/C26H23NO4/c1-4-30-20-9-5-18(6-10-20)7-12-25(28)27-19-8-11-21-24(15-19)31-23-14-17(3)16(2)13-22(23)26(21)29/h5-15H,4H2,1-3H3,(H,27,28)/b12-7+. The van der Waals surface area contributed by atoms with Crippen molar-refractivity contribution in [3.8, 4) is 5.75 Å². The van der Waals surface area contributed by atoms with Gasteiger partial charge in [0.1, 0.15) is 16.9 Å². The quantitative estimate of drug-likeness (QED) is 0.341. The summed E-state index contributed by atoms with van der Waals surface area (Å²) in [5, 5.41) is 3.86. The summed E-state index contributed by atoms with van der Waals surface area (Å²) in [5.74, 6) is 0.516. The van der Waals surface area contributed by atoms with Crippen LogP contribution in [0.1, 0.15) is 23.6 Å². The Labute approximate surface area is 180 Å². The van der Waals surface area contributed by atoms with Gasteiger partial charge in [-0.05, 0) is 79.9 Å². The fourth-order valence-corrected chi connectivity index (χ4v) is 3.38. The second-order valence-corrected chi connectivity index (χ2v) is 7.40. The van der Waals surface area contributed by atoms with Crippen LogP contribution >= 0.6 is 0 Å². The number of hydrogen-bond donors (Lipinski definition) is 1. The summed E-state index contributed by atoms with van der Waals surface area (Å²) in [7, 11) is 0. The van der Waals surface area contributed by atoms with Crippen molar-refractivity contribution < 1.29 is 13.9 Å². The minimum Gasteiger partial charge on any atom is -0.494 e. The van der Waals surface area contributed by atoms with E-state index in [2.05, 4.69) is 5.32 Å². The highest BCUT2D eigenvalue weighted by molar-refractivity contribution is 6.03. The molecular weight excluding hydrogens is 390 g/mol. The van der Waals surface area contributed by atoms with Crippen LogP contribution in [0.2, 0.25) is 0 Å². The number of benzene rings is 3. The summed E-state index contributed by atoms with van der Waals surface area (Å²) in [4.78, 5) is 25.2. The molecule has 0 bridgehead atoms. The topological polar surface area (TPSA) is 68.5 Å². The van der Waals surface area contributed by atoms with Gasteiger partial charge in [-0.25, -0.2) is 0 Å². The van der Waals surface area contributed by atoms with Crippen LogP contribution in [-0.4, -0.2) is 12.5 Å². The second kappa shape index (κ2) is 8.48. The van der Waals surface area contributed by atoms with E-state index in [1.165, 1.54) is 6.08 Å². The maximum Gasteiger partial charge on any atom is 0.248 e. The van der Waals surface area contributed by atoms with Crippen LogP contribution < -0.4 is 15.5 Å². The first-order valence-electron chi connectivity index (χ1n) is 10.1. The molecule has 0 saturated carbocycles. The number of hydrogen-bond acceptors (Lipinski definition) is 4. The molecule has 0 radical (unpaired) electrons. The minimum absolute atomic E-state index is 0.0763. The first-order valence-corrected chi connectivity index (χ1v) is 10.1. The molecule has 0 fully saturated rings. The van der Waals surface area contributed by atoms with E-state index in [0.717, 1.165) is 22.4 Å². The number of rotatable bonds is 5. The molecule has 0 unspecified atom stereocenters. The summed E-state index contributed by atoms with van der Waals surface area (Å²) in [6, 6.07) is 16.3. The number of amides is 1. The maximum atomic E-state index is 12.8. The Balaban J connectivity index is 1.56. The summed E-state index contributed by atoms with van der Waals surface area (Å²) >= 11 is 0. The van der Waals surface area contributed by atoms with Gasteiger partial charge in [0.05, 0.1) is 17.4 Å². The molecule has 0 aliphatic carbocycles. The first-order chi connectivity index (χ1) is 14.9. The molecule has 156 valence electrons. The monoisotopic (exact) mass is 413 g/mol. The third kappa shape index (κ3) is 4.36. The van der Waals surface area contributed by atoms with Crippen molar-refractivity contribution in [3.63, 3.8) is 0 Å². The Bertz CT molecular complexity index is 1360. The zero-order valence-corrected chi connectivity index (χ0v) is 17.7. The van der Waals surface area contributed by atoms with Crippen LogP contribution in [0, 0.1) is 13.8 Å². The lowest BCUT2D eigenvalue weighted by Gasteiger charge is -2.07. The number of nitrogens with one attached hydrogen (secondary N) is 1. The van der Waals surface area contributed by atoms with Crippen molar-refractivity contribution in [1.29, 1.82) is 0 Å². The largest absolute Gasteiger partial charge is 0.494 e. The van der Waals surface area contributed by atoms with Crippen LogP contribution in [0.4, 0.5) is 5.69 Å². The summed E-state index contributed by atoms with van der Waals surface area (Å²) in [5.41, 5.74) is 4.45. The minimum atomic E-state index is -0.275. The van der Waals surface area contributed by atoms with Gasteiger partial charge in [0.15, 0.2) is 0 Å². The van der Waals surface area contributed by atoms with Crippen molar-refractivity contribution in [1.82, 2.24) is 0 Å². The van der Waals surface area contributed by atoms with E-state index in [1.54, 1.807) is 24.3 Å². The lowest BCUT2D eigenvalue weighted by atomic mass is 10.1. The number of carbonyl (C=O) groups excluding carboxylic acids is 1. The van der Waals surface area contributed by atoms with Crippen molar-refractivity contribution in [2.45, 2.75) is 20.8 Å². The molecule has 5 heteroatoms. The highest BCUT2D eigenvalue weighted by atomic mass is 16.5. The van der Waals surface area contributed by atoms with Crippen LogP contribution in [0.5, 0.6) is 5.75 Å². The van der Waals surface area contributed by atoms with Crippen LogP contribution in [0.3, 0.4) is 0 Å². The van der Waals surface area contributed by atoms with Gasteiger partial charge in [0.2, 0.25) is 11.3 Å². The van der Waals surface area contributed by atoms with Crippen molar-refractivity contribution in [3.05, 3.63) is 87.6 Å². The molecule has 0 spiro atoms. The Kier molecular flexibility index (Phi) is 5.58. The zero-order valence-electron chi connectivity index (χ0n) is 17.7. The number of aryl methyl sites for hydroxylation is 2. The molecule has 3 aromatic carbocycles. The van der Waals surface area contributed by atoms with Crippen molar-refractivity contribution in [2.75, 3.05) is 11.9 Å². The second-order valence-electron chi connectivity index (χ2n) is 7.40. The fourth-order valence-electron chi connectivity index (χ4n) is 3.38. The lowest BCUT2D eigenvalue weighted by Crippen LogP contribution is -2.08. The van der Waals surface area contributed by atoms with Crippen molar-refractivity contribution >= 4 is 39.6 Å². The predicted molar refractivity (Wildman–Crippen MR) is 125 cm³/mol. The van der Waals surface area contributed by atoms with E-state index >= 15 is 0 Å². The molecule has 1 aromatic heterocycles. The van der Waals surface area contributed by atoms with Crippen LogP contribution in [0.25, 0.3) is 28.0 Å². The molecule has 31 heavy (non-hydrogen) atoms. The number of anilines is 1. The molecule has 4 rings (SSSR count). The van der Waals surface area contributed by atoms with Gasteiger partial charge < -0.3 is 14.5 Å². The maximum absolute atomic E-state index is 12.8. The SMILES string of the molecule is CCOc1ccc(/C=C/C(=O)Nc2ccc3c(=O)c4cc(C)c(C)cc4oc3c2)cc1. The average Bonchev–Trinajstić information content (AvgIpc) is 2.75. The molecule has 1 heterocycles. The predicted octanol–water partition coefficient (Wildman–Crippen LogP) is 5.61. The van der Waals surface area contributed by atoms with E-state index in [9.17, 15) is 9.59 Å². The summed E-state index contributed by atoms with van der Waals surface area (Å²) < 4.78 is 11.4. The number of ether oxygens (including phenoxy) is 1. The van der Waals surface area contributed by atoms with E-state index in [0.29, 0.717) is 34.2 Å². The summed E-state index contributed by atoms with van der Waals surface area (Å²) in [6.45, 7) is 6.49. The molecule has 0 atom stereocenters. The third-order valence-corrected chi connectivity index (χ3v) is 5.17.